The molecule has 1 aromatic rings. The summed E-state index contributed by atoms with van der Waals surface area (Å²) in [5.74, 6) is 0.202. The normalized spacial score (nSPS) is 14.7. The molecule has 0 bridgehead atoms. The van der Waals surface area contributed by atoms with Crippen molar-refractivity contribution in [2.24, 2.45) is 0 Å². The zero-order valence-electron chi connectivity index (χ0n) is 13.8. The van der Waals surface area contributed by atoms with Gasteiger partial charge in [0.05, 0.1) is 10.7 Å². The van der Waals surface area contributed by atoms with E-state index in [9.17, 15) is 9.59 Å². The summed E-state index contributed by atoms with van der Waals surface area (Å²) in [5.41, 5.74) is 1.66. The van der Waals surface area contributed by atoms with Crippen LogP contribution in [-0.2, 0) is 9.59 Å². The summed E-state index contributed by atoms with van der Waals surface area (Å²) >= 11 is 6.36. The lowest BCUT2D eigenvalue weighted by Crippen LogP contribution is -2.48. The Hall–Kier alpha value is -1.75. The molecule has 2 amide bonds. The minimum Gasteiger partial charge on any atom is -0.367 e. The van der Waals surface area contributed by atoms with Crippen LogP contribution in [0.1, 0.15) is 33.1 Å². The standard InChI is InChI=1S/C17H24ClN3O2/c1-3-5-17(23)21-10-8-20(9-11-21)15-7-6-13(12-14(15)18)19-16(22)4-2/h6-7,12H,3-5,8-11H2,1-2H3,(H,19,22). The van der Waals surface area contributed by atoms with E-state index in [2.05, 4.69) is 10.2 Å². The number of carbonyl (C=O) groups is 2. The first-order valence-electron chi connectivity index (χ1n) is 8.17. The Labute approximate surface area is 142 Å². The second-order valence-electron chi connectivity index (χ2n) is 5.69. The Morgan fingerprint density at radius 2 is 1.87 bits per heavy atom. The Bertz CT molecular complexity index is 569. The highest BCUT2D eigenvalue weighted by molar-refractivity contribution is 6.33. The Morgan fingerprint density at radius 1 is 1.17 bits per heavy atom. The molecule has 1 aromatic carbocycles. The molecule has 126 valence electrons. The predicted molar refractivity (Wildman–Crippen MR) is 94.1 cm³/mol. The zero-order valence-corrected chi connectivity index (χ0v) is 14.5. The quantitative estimate of drug-likeness (QED) is 0.898. The first kappa shape index (κ1) is 17.6. The molecule has 2 rings (SSSR count). The molecule has 0 saturated carbocycles. The molecule has 0 aliphatic carbocycles. The summed E-state index contributed by atoms with van der Waals surface area (Å²) in [6.07, 6.45) is 1.94. The second kappa shape index (κ2) is 8.20. The third-order valence-corrected chi connectivity index (χ3v) is 4.29. The van der Waals surface area contributed by atoms with Crippen LogP contribution < -0.4 is 10.2 Å². The van der Waals surface area contributed by atoms with E-state index in [1.54, 1.807) is 6.07 Å². The molecule has 6 heteroatoms. The fourth-order valence-electron chi connectivity index (χ4n) is 2.66. The van der Waals surface area contributed by atoms with Crippen LogP contribution in [0.15, 0.2) is 18.2 Å². The first-order valence-corrected chi connectivity index (χ1v) is 8.55. The molecule has 0 atom stereocenters. The van der Waals surface area contributed by atoms with Crippen molar-refractivity contribution >= 4 is 34.8 Å². The van der Waals surface area contributed by atoms with Crippen molar-refractivity contribution in [3.63, 3.8) is 0 Å². The van der Waals surface area contributed by atoms with Crippen molar-refractivity contribution in [3.05, 3.63) is 23.2 Å². The summed E-state index contributed by atoms with van der Waals surface area (Å²) in [6.45, 7) is 6.83. The maximum Gasteiger partial charge on any atom is 0.224 e. The Balaban J connectivity index is 1.98. The second-order valence-corrected chi connectivity index (χ2v) is 6.09. The van der Waals surface area contributed by atoms with Crippen LogP contribution in [0.5, 0.6) is 0 Å². The average molecular weight is 338 g/mol. The summed E-state index contributed by atoms with van der Waals surface area (Å²) in [7, 11) is 0. The van der Waals surface area contributed by atoms with Crippen LogP contribution in [-0.4, -0.2) is 42.9 Å². The van der Waals surface area contributed by atoms with Crippen LogP contribution in [0.2, 0.25) is 5.02 Å². The average Bonchev–Trinajstić information content (AvgIpc) is 2.55. The summed E-state index contributed by atoms with van der Waals surface area (Å²) < 4.78 is 0. The van der Waals surface area contributed by atoms with Gasteiger partial charge in [-0.1, -0.05) is 25.4 Å². The van der Waals surface area contributed by atoms with Crippen LogP contribution in [0.25, 0.3) is 0 Å². The van der Waals surface area contributed by atoms with E-state index in [1.165, 1.54) is 0 Å². The molecule has 1 N–H and O–H groups in total. The number of hydrogen-bond donors (Lipinski definition) is 1. The van der Waals surface area contributed by atoms with Gasteiger partial charge in [0.2, 0.25) is 11.8 Å². The highest BCUT2D eigenvalue weighted by atomic mass is 35.5. The van der Waals surface area contributed by atoms with Crippen LogP contribution in [0.4, 0.5) is 11.4 Å². The maximum atomic E-state index is 11.9. The smallest absolute Gasteiger partial charge is 0.224 e. The number of benzene rings is 1. The molecule has 0 radical (unpaired) electrons. The van der Waals surface area contributed by atoms with Gasteiger partial charge in [-0.05, 0) is 24.6 Å². The van der Waals surface area contributed by atoms with Gasteiger partial charge in [-0.3, -0.25) is 9.59 Å². The number of piperazine rings is 1. The third-order valence-electron chi connectivity index (χ3n) is 3.99. The monoisotopic (exact) mass is 337 g/mol. The van der Waals surface area contributed by atoms with Gasteiger partial charge in [-0.2, -0.15) is 0 Å². The lowest BCUT2D eigenvalue weighted by molar-refractivity contribution is -0.131. The van der Waals surface area contributed by atoms with Gasteiger partial charge in [0, 0.05) is 44.7 Å². The Kier molecular flexibility index (Phi) is 6.28. The van der Waals surface area contributed by atoms with Gasteiger partial charge in [0.15, 0.2) is 0 Å². The van der Waals surface area contributed by atoms with Crippen molar-refractivity contribution in [3.8, 4) is 0 Å². The number of carbonyl (C=O) groups excluding carboxylic acids is 2. The van der Waals surface area contributed by atoms with E-state index in [4.69, 9.17) is 11.6 Å². The van der Waals surface area contributed by atoms with E-state index in [-0.39, 0.29) is 11.8 Å². The molecule has 1 aliphatic rings. The minimum absolute atomic E-state index is 0.0307. The lowest BCUT2D eigenvalue weighted by Gasteiger charge is -2.36. The molecular weight excluding hydrogens is 314 g/mol. The fourth-order valence-corrected chi connectivity index (χ4v) is 2.96. The SMILES string of the molecule is CCCC(=O)N1CCN(c2ccc(NC(=O)CC)cc2Cl)CC1. The topological polar surface area (TPSA) is 52.7 Å². The highest BCUT2D eigenvalue weighted by Crippen LogP contribution is 2.29. The molecule has 0 aromatic heterocycles. The predicted octanol–water partition coefficient (Wildman–Crippen LogP) is 3.14. The number of halogens is 1. The largest absolute Gasteiger partial charge is 0.367 e. The summed E-state index contributed by atoms with van der Waals surface area (Å²) in [5, 5.41) is 3.42. The van der Waals surface area contributed by atoms with Crippen LogP contribution in [0, 0.1) is 0 Å². The van der Waals surface area contributed by atoms with E-state index in [1.807, 2.05) is 30.9 Å². The van der Waals surface area contributed by atoms with Crippen molar-refractivity contribution in [2.75, 3.05) is 36.4 Å². The molecule has 5 nitrogen and oxygen atoms in total. The molecule has 1 heterocycles. The number of nitrogens with zero attached hydrogens (tertiary/aromatic N) is 2. The third kappa shape index (κ3) is 4.61. The lowest BCUT2D eigenvalue weighted by atomic mass is 10.2. The van der Waals surface area contributed by atoms with E-state index >= 15 is 0 Å². The zero-order chi connectivity index (χ0) is 16.8. The summed E-state index contributed by atoms with van der Waals surface area (Å²) in [4.78, 5) is 27.5. The van der Waals surface area contributed by atoms with Gasteiger partial charge >= 0.3 is 0 Å². The minimum atomic E-state index is -0.0307. The molecule has 1 fully saturated rings. The van der Waals surface area contributed by atoms with Gasteiger partial charge in [-0.15, -0.1) is 0 Å². The number of amides is 2. The fraction of sp³-hybridized carbons (Fsp3) is 0.529. The number of rotatable bonds is 5. The Morgan fingerprint density at radius 3 is 2.43 bits per heavy atom. The highest BCUT2D eigenvalue weighted by Gasteiger charge is 2.21. The van der Waals surface area contributed by atoms with Gasteiger partial charge < -0.3 is 15.1 Å². The van der Waals surface area contributed by atoms with Crippen molar-refractivity contribution in [2.45, 2.75) is 33.1 Å². The molecule has 0 unspecified atom stereocenters. The van der Waals surface area contributed by atoms with E-state index in [0.717, 1.165) is 38.3 Å². The number of nitrogens with one attached hydrogen (secondary N) is 1. The van der Waals surface area contributed by atoms with E-state index in [0.29, 0.717) is 23.6 Å². The first-order chi connectivity index (χ1) is 11.0. The van der Waals surface area contributed by atoms with Crippen molar-refractivity contribution in [1.29, 1.82) is 0 Å². The van der Waals surface area contributed by atoms with E-state index < -0.39 is 0 Å². The molecule has 23 heavy (non-hydrogen) atoms. The molecule has 0 spiro atoms. The maximum absolute atomic E-state index is 11.9. The van der Waals surface area contributed by atoms with Crippen LogP contribution in [0.3, 0.4) is 0 Å². The van der Waals surface area contributed by atoms with Crippen molar-refractivity contribution < 1.29 is 9.59 Å². The number of hydrogen-bond acceptors (Lipinski definition) is 3. The summed E-state index contributed by atoms with van der Waals surface area (Å²) in [6, 6.07) is 5.57. The van der Waals surface area contributed by atoms with Crippen molar-refractivity contribution in [1.82, 2.24) is 4.90 Å². The number of anilines is 2. The molecule has 1 aliphatic heterocycles. The molecular formula is C17H24ClN3O2. The van der Waals surface area contributed by atoms with Gasteiger partial charge in [0.1, 0.15) is 0 Å². The van der Waals surface area contributed by atoms with Crippen LogP contribution >= 0.6 is 11.6 Å². The van der Waals surface area contributed by atoms with Gasteiger partial charge in [0.25, 0.3) is 0 Å². The molecule has 1 saturated heterocycles. The van der Waals surface area contributed by atoms with Gasteiger partial charge in [-0.25, -0.2) is 0 Å².